The molecule has 1 aliphatic heterocycles. The zero-order valence-corrected chi connectivity index (χ0v) is 8.67. The van der Waals surface area contributed by atoms with E-state index in [1.54, 1.807) is 0 Å². The average molecular weight is 213 g/mol. The molecule has 5 heteroatoms. The van der Waals surface area contributed by atoms with Crippen LogP contribution in [0.15, 0.2) is 0 Å². The third-order valence-corrected chi connectivity index (χ3v) is 3.83. The summed E-state index contributed by atoms with van der Waals surface area (Å²) in [5.74, 6) is 1.58. The molecule has 3 rings (SSSR count). The maximum absolute atomic E-state index is 6.19. The zero-order valence-electron chi connectivity index (χ0n) is 7.91. The number of aromatic nitrogens is 3. The summed E-state index contributed by atoms with van der Waals surface area (Å²) in [6.45, 7) is 0.921. The van der Waals surface area contributed by atoms with Crippen molar-refractivity contribution in [2.45, 2.75) is 37.8 Å². The molecule has 2 N–H and O–H groups in total. The van der Waals surface area contributed by atoms with Gasteiger partial charge in [0.15, 0.2) is 0 Å². The summed E-state index contributed by atoms with van der Waals surface area (Å²) in [5, 5.41) is 8.46. The smallest absolute Gasteiger partial charge is 0.225 e. The van der Waals surface area contributed by atoms with Crippen LogP contribution in [-0.2, 0) is 13.0 Å². The first-order valence-corrected chi connectivity index (χ1v) is 5.43. The molecule has 2 heterocycles. The molecule has 2 aliphatic rings. The van der Waals surface area contributed by atoms with Crippen molar-refractivity contribution < 1.29 is 0 Å². The van der Waals surface area contributed by atoms with Gasteiger partial charge in [-0.1, -0.05) is 0 Å². The lowest BCUT2D eigenvalue weighted by molar-refractivity contribution is 0.311. The number of hydrogen-bond donors (Lipinski definition) is 1. The first kappa shape index (κ1) is 8.68. The molecule has 0 radical (unpaired) electrons. The molecule has 1 aliphatic carbocycles. The van der Waals surface area contributed by atoms with E-state index in [1.807, 2.05) is 4.57 Å². The van der Waals surface area contributed by atoms with E-state index in [9.17, 15) is 0 Å². The predicted octanol–water partition coefficient (Wildman–Crippen LogP) is 0.985. The summed E-state index contributed by atoms with van der Waals surface area (Å²) in [5.41, 5.74) is 6.30. The van der Waals surface area contributed by atoms with Crippen molar-refractivity contribution in [2.75, 3.05) is 0 Å². The van der Waals surface area contributed by atoms with Gasteiger partial charge < -0.3 is 10.3 Å². The highest BCUT2D eigenvalue weighted by Crippen LogP contribution is 2.44. The second kappa shape index (κ2) is 2.70. The van der Waals surface area contributed by atoms with Crippen LogP contribution in [0.4, 0.5) is 0 Å². The van der Waals surface area contributed by atoms with Gasteiger partial charge in [0, 0.05) is 18.5 Å². The van der Waals surface area contributed by atoms with Gasteiger partial charge in [0.05, 0.1) is 0 Å². The van der Waals surface area contributed by atoms with Crippen molar-refractivity contribution in [3.63, 3.8) is 0 Å². The molecule has 1 fully saturated rings. The Hall–Kier alpha value is -0.610. The Morgan fingerprint density at radius 1 is 1.43 bits per heavy atom. The Balaban J connectivity index is 1.87. The minimum absolute atomic E-state index is 0.101. The van der Waals surface area contributed by atoms with Crippen LogP contribution in [0.25, 0.3) is 0 Å². The van der Waals surface area contributed by atoms with Crippen LogP contribution in [0, 0.1) is 5.92 Å². The first-order valence-electron chi connectivity index (χ1n) is 5.05. The highest BCUT2D eigenvalue weighted by molar-refractivity contribution is 6.28. The van der Waals surface area contributed by atoms with Crippen molar-refractivity contribution in [2.24, 2.45) is 11.7 Å². The lowest BCUT2D eigenvalue weighted by atomic mass is 9.88. The zero-order chi connectivity index (χ0) is 9.76. The van der Waals surface area contributed by atoms with Gasteiger partial charge in [-0.15, -0.1) is 10.2 Å². The molecule has 1 aromatic heterocycles. The minimum Gasteiger partial charge on any atom is -0.325 e. The van der Waals surface area contributed by atoms with Gasteiger partial charge in [-0.2, -0.15) is 0 Å². The molecule has 1 aromatic rings. The largest absolute Gasteiger partial charge is 0.325 e. The average Bonchev–Trinajstić information content (AvgIpc) is 2.84. The maximum atomic E-state index is 6.19. The third-order valence-electron chi connectivity index (χ3n) is 3.55. The fraction of sp³-hybridized carbons (Fsp3) is 0.778. The molecule has 14 heavy (non-hydrogen) atoms. The SMILES string of the molecule is NC1(C2CCn3c(Cl)nnc3C2)CC1. The highest BCUT2D eigenvalue weighted by Gasteiger charge is 2.46. The number of hydrogen-bond acceptors (Lipinski definition) is 3. The van der Waals surface area contributed by atoms with Gasteiger partial charge in [-0.25, -0.2) is 0 Å². The number of nitrogens with two attached hydrogens (primary N) is 1. The summed E-state index contributed by atoms with van der Waals surface area (Å²) in [6.07, 6.45) is 4.39. The van der Waals surface area contributed by atoms with Crippen molar-refractivity contribution in [3.8, 4) is 0 Å². The molecule has 1 unspecified atom stereocenters. The lowest BCUT2D eigenvalue weighted by Crippen LogP contribution is -2.37. The molecular formula is C9H13ClN4. The quantitative estimate of drug-likeness (QED) is 0.755. The second-order valence-corrected chi connectivity index (χ2v) is 4.80. The van der Waals surface area contributed by atoms with Gasteiger partial charge in [0.2, 0.25) is 5.28 Å². The molecule has 1 saturated carbocycles. The number of nitrogens with zero attached hydrogens (tertiary/aromatic N) is 3. The van der Waals surface area contributed by atoms with Crippen LogP contribution in [-0.4, -0.2) is 20.3 Å². The van der Waals surface area contributed by atoms with Crippen LogP contribution in [0.3, 0.4) is 0 Å². The molecule has 4 nitrogen and oxygen atoms in total. The molecular weight excluding hydrogens is 200 g/mol. The van der Waals surface area contributed by atoms with Crippen LogP contribution in [0.5, 0.6) is 0 Å². The van der Waals surface area contributed by atoms with Gasteiger partial charge in [-0.3, -0.25) is 0 Å². The number of fused-ring (bicyclic) bond motifs is 1. The Labute approximate surface area is 87.4 Å². The normalized spacial score (nSPS) is 28.6. The number of halogens is 1. The van der Waals surface area contributed by atoms with E-state index >= 15 is 0 Å². The Kier molecular flexibility index (Phi) is 1.67. The first-order chi connectivity index (χ1) is 6.69. The molecule has 76 valence electrons. The fourth-order valence-electron chi connectivity index (χ4n) is 2.34. The summed E-state index contributed by atoms with van der Waals surface area (Å²) >= 11 is 5.89. The van der Waals surface area contributed by atoms with E-state index < -0.39 is 0 Å². The molecule has 0 bridgehead atoms. The van der Waals surface area contributed by atoms with E-state index in [4.69, 9.17) is 17.3 Å². The minimum atomic E-state index is 0.101. The molecule has 0 saturated heterocycles. The highest BCUT2D eigenvalue weighted by atomic mass is 35.5. The molecule has 0 aromatic carbocycles. The monoisotopic (exact) mass is 212 g/mol. The topological polar surface area (TPSA) is 56.7 Å². The van der Waals surface area contributed by atoms with Crippen molar-refractivity contribution in [1.29, 1.82) is 0 Å². The summed E-state index contributed by atoms with van der Waals surface area (Å²) in [4.78, 5) is 0. The summed E-state index contributed by atoms with van der Waals surface area (Å²) in [7, 11) is 0. The van der Waals surface area contributed by atoms with E-state index in [0.29, 0.717) is 11.2 Å². The fourth-order valence-corrected chi connectivity index (χ4v) is 2.56. The van der Waals surface area contributed by atoms with Crippen LogP contribution in [0.1, 0.15) is 25.1 Å². The van der Waals surface area contributed by atoms with Crippen LogP contribution < -0.4 is 5.73 Å². The van der Waals surface area contributed by atoms with Crippen LogP contribution >= 0.6 is 11.6 Å². The maximum Gasteiger partial charge on any atom is 0.225 e. The van der Waals surface area contributed by atoms with E-state index in [0.717, 1.165) is 25.2 Å². The molecule has 0 spiro atoms. The van der Waals surface area contributed by atoms with Gasteiger partial charge >= 0.3 is 0 Å². The standard InChI is InChI=1S/C9H13ClN4/c10-8-13-12-7-5-6(1-4-14(7)8)9(11)2-3-9/h6H,1-5,11H2. The third kappa shape index (κ3) is 1.17. The summed E-state index contributed by atoms with van der Waals surface area (Å²) in [6, 6.07) is 0. The number of rotatable bonds is 1. The van der Waals surface area contributed by atoms with Gasteiger partial charge in [-0.05, 0) is 36.8 Å². The predicted molar refractivity (Wildman–Crippen MR) is 53.0 cm³/mol. The van der Waals surface area contributed by atoms with Gasteiger partial charge in [0.25, 0.3) is 0 Å². The Bertz CT molecular complexity index is 369. The van der Waals surface area contributed by atoms with E-state index in [-0.39, 0.29) is 5.54 Å². The van der Waals surface area contributed by atoms with E-state index in [2.05, 4.69) is 10.2 Å². The molecule has 1 atom stereocenters. The van der Waals surface area contributed by atoms with E-state index in [1.165, 1.54) is 12.8 Å². The molecule has 0 amide bonds. The Morgan fingerprint density at radius 3 is 2.93 bits per heavy atom. The summed E-state index contributed by atoms with van der Waals surface area (Å²) < 4.78 is 1.99. The van der Waals surface area contributed by atoms with Crippen molar-refractivity contribution >= 4 is 11.6 Å². The van der Waals surface area contributed by atoms with Crippen molar-refractivity contribution in [1.82, 2.24) is 14.8 Å². The van der Waals surface area contributed by atoms with Gasteiger partial charge in [0.1, 0.15) is 5.82 Å². The second-order valence-electron chi connectivity index (χ2n) is 4.46. The lowest BCUT2D eigenvalue weighted by Gasteiger charge is -2.27. The van der Waals surface area contributed by atoms with Crippen molar-refractivity contribution in [3.05, 3.63) is 11.1 Å². The van der Waals surface area contributed by atoms with Crippen LogP contribution in [0.2, 0.25) is 5.28 Å². The Morgan fingerprint density at radius 2 is 2.21 bits per heavy atom.